The van der Waals surface area contributed by atoms with E-state index < -0.39 is 27.7 Å². The van der Waals surface area contributed by atoms with Crippen LogP contribution in [-0.4, -0.2) is 48.5 Å². The lowest BCUT2D eigenvalue weighted by Crippen LogP contribution is -2.09. The summed E-state index contributed by atoms with van der Waals surface area (Å²) < 4.78 is 88.7. The molecular weight excluding hydrogens is 374 g/mol. The SMILES string of the molecule is CC(=C(F)F)C(F)(F)F.CCC.CCC.CF.COC.CS(C)(=O)=O. The maximum Gasteiger partial charge on any atom is 0.417 e. The van der Waals surface area contributed by atoms with E-state index in [0.717, 1.165) is 12.5 Å². The zero-order valence-corrected chi connectivity index (χ0v) is 17.6. The monoisotopic (exact) mass is 408 g/mol. The van der Waals surface area contributed by atoms with Crippen molar-refractivity contribution >= 4 is 9.84 Å². The maximum absolute atomic E-state index is 11.2. The predicted octanol–water partition coefficient (Wildman–Crippen LogP) is 6.06. The van der Waals surface area contributed by atoms with Crippen LogP contribution in [0.5, 0.6) is 0 Å². The summed E-state index contributed by atoms with van der Waals surface area (Å²) >= 11 is 0. The fourth-order valence-corrected chi connectivity index (χ4v) is 0.107. The van der Waals surface area contributed by atoms with Gasteiger partial charge in [-0.3, -0.25) is 4.39 Å². The molecule has 0 atom stereocenters. The summed E-state index contributed by atoms with van der Waals surface area (Å²) in [6, 6.07) is 0. The highest BCUT2D eigenvalue weighted by Gasteiger charge is 2.33. The number of allylic oxidation sites excluding steroid dienone is 1. The van der Waals surface area contributed by atoms with Crippen LogP contribution in [0.2, 0.25) is 0 Å². The van der Waals surface area contributed by atoms with Crippen molar-refractivity contribution in [3.63, 3.8) is 0 Å². The van der Waals surface area contributed by atoms with Gasteiger partial charge < -0.3 is 4.74 Å². The lowest BCUT2D eigenvalue weighted by molar-refractivity contribution is -0.0947. The summed E-state index contributed by atoms with van der Waals surface area (Å²) in [6.45, 7) is 8.83. The van der Waals surface area contributed by atoms with E-state index in [1.54, 1.807) is 14.2 Å². The average molecular weight is 408 g/mol. The summed E-state index contributed by atoms with van der Waals surface area (Å²) in [6.07, 6.45) is -2.75. The molecule has 0 spiro atoms. The number of ether oxygens (including phenoxy) is 1. The minimum Gasteiger partial charge on any atom is -0.388 e. The van der Waals surface area contributed by atoms with Crippen LogP contribution in [0.15, 0.2) is 11.7 Å². The Labute approximate surface area is 149 Å². The molecule has 0 rings (SSSR count). The Balaban J connectivity index is -0.0000000483. The van der Waals surface area contributed by atoms with Crippen molar-refractivity contribution in [1.82, 2.24) is 0 Å². The molecule has 0 aliphatic rings. The van der Waals surface area contributed by atoms with Gasteiger partial charge in [-0.25, -0.2) is 8.42 Å². The van der Waals surface area contributed by atoms with E-state index in [1.807, 2.05) is 0 Å². The number of halogens is 6. The van der Waals surface area contributed by atoms with Crippen molar-refractivity contribution in [3.8, 4) is 0 Å². The molecule has 0 amide bonds. The smallest absolute Gasteiger partial charge is 0.388 e. The van der Waals surface area contributed by atoms with Gasteiger partial charge in [0.05, 0.1) is 12.8 Å². The van der Waals surface area contributed by atoms with Crippen LogP contribution in [0.25, 0.3) is 0 Å². The van der Waals surface area contributed by atoms with Gasteiger partial charge in [0.15, 0.2) is 0 Å². The van der Waals surface area contributed by atoms with E-state index in [2.05, 4.69) is 32.4 Å². The number of hydrogen-bond donors (Lipinski definition) is 0. The minimum absolute atomic E-state index is 0.329. The second-order valence-electron chi connectivity index (χ2n) is 4.35. The fourth-order valence-electron chi connectivity index (χ4n) is 0.107. The molecule has 0 bridgehead atoms. The van der Waals surface area contributed by atoms with Crippen LogP contribution < -0.4 is 0 Å². The first-order valence-electron chi connectivity index (χ1n) is 7.12. The molecule has 0 saturated heterocycles. The Morgan fingerprint density at radius 1 is 0.880 bits per heavy atom. The Morgan fingerprint density at radius 3 is 1.00 bits per heavy atom. The van der Waals surface area contributed by atoms with E-state index in [-0.39, 0.29) is 0 Å². The van der Waals surface area contributed by atoms with E-state index in [1.165, 1.54) is 12.8 Å². The second kappa shape index (κ2) is 28.1. The van der Waals surface area contributed by atoms with E-state index in [9.17, 15) is 34.8 Å². The van der Waals surface area contributed by atoms with Crippen LogP contribution in [0.1, 0.15) is 47.5 Å². The van der Waals surface area contributed by atoms with Gasteiger partial charge in [-0.15, -0.1) is 0 Å². The van der Waals surface area contributed by atoms with Crippen molar-refractivity contribution in [1.29, 1.82) is 0 Å². The lowest BCUT2D eigenvalue weighted by atomic mass is 10.3. The van der Waals surface area contributed by atoms with E-state index in [0.29, 0.717) is 14.1 Å². The third-order valence-corrected chi connectivity index (χ3v) is 0.709. The second-order valence-corrected chi connectivity index (χ2v) is 6.63. The first-order valence-corrected chi connectivity index (χ1v) is 9.42. The molecule has 0 aromatic rings. The fraction of sp³-hybridized carbons (Fsp3) is 0.867. The van der Waals surface area contributed by atoms with Crippen LogP contribution >= 0.6 is 0 Å². The molecular formula is C15H34F6O3S. The molecule has 0 heterocycles. The highest BCUT2D eigenvalue weighted by molar-refractivity contribution is 7.89. The molecule has 25 heavy (non-hydrogen) atoms. The predicted molar refractivity (Wildman–Crippen MR) is 93.6 cm³/mol. The van der Waals surface area contributed by atoms with Gasteiger partial charge in [0.1, 0.15) is 9.84 Å². The molecule has 0 aromatic carbocycles. The zero-order valence-electron chi connectivity index (χ0n) is 16.8. The van der Waals surface area contributed by atoms with Crippen LogP contribution in [0.3, 0.4) is 0 Å². The van der Waals surface area contributed by atoms with E-state index >= 15 is 0 Å². The summed E-state index contributed by atoms with van der Waals surface area (Å²) in [5, 5.41) is 0. The molecule has 0 saturated carbocycles. The highest BCUT2D eigenvalue weighted by atomic mass is 32.2. The molecule has 0 aliphatic heterocycles. The summed E-state index contributed by atoms with van der Waals surface area (Å²) in [4.78, 5) is 0. The number of hydrogen-bond acceptors (Lipinski definition) is 3. The first-order chi connectivity index (χ1) is 11.1. The van der Waals surface area contributed by atoms with Crippen molar-refractivity contribution in [3.05, 3.63) is 11.7 Å². The van der Waals surface area contributed by atoms with Gasteiger partial charge in [-0.1, -0.05) is 40.5 Å². The van der Waals surface area contributed by atoms with E-state index in [4.69, 9.17) is 0 Å². The lowest BCUT2D eigenvalue weighted by Gasteiger charge is -2.02. The van der Waals surface area contributed by atoms with Crippen molar-refractivity contribution in [2.75, 3.05) is 33.9 Å². The summed E-state index contributed by atoms with van der Waals surface area (Å²) in [5.74, 6) is 0. The maximum atomic E-state index is 11.2. The van der Waals surface area contributed by atoms with Gasteiger partial charge in [-0.05, 0) is 6.92 Å². The van der Waals surface area contributed by atoms with Crippen LogP contribution in [-0.2, 0) is 14.6 Å². The Kier molecular flexibility index (Phi) is 44.1. The molecule has 0 N–H and O–H groups in total. The number of alkyl halides is 4. The van der Waals surface area contributed by atoms with Gasteiger partial charge in [0, 0.05) is 26.7 Å². The van der Waals surface area contributed by atoms with Crippen molar-refractivity contribution < 1.29 is 39.5 Å². The van der Waals surface area contributed by atoms with Gasteiger partial charge in [0.25, 0.3) is 6.08 Å². The van der Waals surface area contributed by atoms with Gasteiger partial charge >= 0.3 is 6.18 Å². The molecule has 0 unspecified atom stereocenters. The number of sulfone groups is 1. The standard InChI is InChI=1S/C4H3F5.2C3H8.C2H6O2S.C2H6O.CH3F/c1-2(3(5)6)4(7,8)9;2*1-3-2;1-5(2,3)4;1-3-2;1-2/h1H3;2*3H2,1-2H3;1-2H3;1-2H3;1H3. The molecule has 0 fully saturated rings. The molecule has 0 radical (unpaired) electrons. The van der Waals surface area contributed by atoms with Crippen LogP contribution in [0.4, 0.5) is 26.3 Å². The Morgan fingerprint density at radius 2 is 1.00 bits per heavy atom. The summed E-state index contributed by atoms with van der Waals surface area (Å²) in [5.41, 5.74) is -1.83. The largest absolute Gasteiger partial charge is 0.417 e. The zero-order chi connectivity index (χ0) is 22.3. The quantitative estimate of drug-likeness (QED) is 0.458. The van der Waals surface area contributed by atoms with Crippen molar-refractivity contribution in [2.24, 2.45) is 0 Å². The Bertz CT molecular complexity index is 336. The highest BCUT2D eigenvalue weighted by Crippen LogP contribution is 2.28. The molecule has 0 aliphatic carbocycles. The molecule has 160 valence electrons. The molecule has 10 heteroatoms. The minimum atomic E-state index is -4.89. The van der Waals surface area contributed by atoms with Crippen molar-refractivity contribution in [2.45, 2.75) is 53.6 Å². The molecule has 3 nitrogen and oxygen atoms in total. The first kappa shape index (κ1) is 39.3. The third kappa shape index (κ3) is 123. The van der Waals surface area contributed by atoms with Gasteiger partial charge in [0.2, 0.25) is 0 Å². The Hall–Kier alpha value is -0.770. The summed E-state index contributed by atoms with van der Waals surface area (Å²) in [7, 11) is 1.08. The van der Waals surface area contributed by atoms with Crippen LogP contribution in [0, 0.1) is 0 Å². The normalized spacial score (nSPS) is 8.80. The molecule has 0 aromatic heterocycles. The van der Waals surface area contributed by atoms with Gasteiger partial charge in [-0.2, -0.15) is 22.0 Å². The number of rotatable bonds is 0. The topological polar surface area (TPSA) is 43.4 Å². The third-order valence-electron chi connectivity index (χ3n) is 0.709. The average Bonchev–Trinajstić information content (AvgIpc) is 2.40. The number of methoxy groups -OCH3 is 1.